The quantitative estimate of drug-likeness (QED) is 0.683. The van der Waals surface area contributed by atoms with Crippen LogP contribution in [0.1, 0.15) is 25.7 Å². The van der Waals surface area contributed by atoms with Gasteiger partial charge < -0.3 is 29.6 Å². The predicted octanol–water partition coefficient (Wildman–Crippen LogP) is 3.61. The van der Waals surface area contributed by atoms with Crippen molar-refractivity contribution in [1.29, 1.82) is 0 Å². The molecule has 0 aromatic heterocycles. The summed E-state index contributed by atoms with van der Waals surface area (Å²) in [6.45, 7) is 1.22. The van der Waals surface area contributed by atoms with E-state index in [2.05, 4.69) is 10.6 Å². The van der Waals surface area contributed by atoms with Crippen molar-refractivity contribution < 1.29 is 28.5 Å². The molecule has 4 rings (SSSR count). The van der Waals surface area contributed by atoms with Crippen LogP contribution >= 0.6 is 0 Å². The predicted molar refractivity (Wildman–Crippen MR) is 120 cm³/mol. The molecule has 8 heteroatoms. The molecule has 0 spiro atoms. The Morgan fingerprint density at radius 3 is 1.56 bits per heavy atom. The van der Waals surface area contributed by atoms with E-state index in [0.717, 1.165) is 36.8 Å². The number of methoxy groups -OCH3 is 2. The minimum absolute atomic E-state index is 0.165. The molecule has 0 aliphatic carbocycles. The van der Waals surface area contributed by atoms with Crippen molar-refractivity contribution in [2.45, 2.75) is 37.9 Å². The Kier molecular flexibility index (Phi) is 6.92. The Labute approximate surface area is 187 Å². The van der Waals surface area contributed by atoms with Gasteiger partial charge in [-0.05, 0) is 61.1 Å². The molecule has 0 saturated carbocycles. The van der Waals surface area contributed by atoms with Gasteiger partial charge in [0, 0.05) is 13.2 Å². The van der Waals surface area contributed by atoms with Gasteiger partial charge in [0.2, 0.25) is 0 Å². The fourth-order valence-corrected chi connectivity index (χ4v) is 3.94. The zero-order valence-corrected chi connectivity index (χ0v) is 18.3. The van der Waals surface area contributed by atoms with Gasteiger partial charge >= 0.3 is 0 Å². The molecule has 2 aromatic carbocycles. The summed E-state index contributed by atoms with van der Waals surface area (Å²) >= 11 is 0. The zero-order valence-electron chi connectivity index (χ0n) is 18.3. The summed E-state index contributed by atoms with van der Waals surface area (Å²) in [5.74, 6) is 0.760. The lowest BCUT2D eigenvalue weighted by Crippen LogP contribution is -2.27. The van der Waals surface area contributed by atoms with Gasteiger partial charge in [-0.2, -0.15) is 0 Å². The summed E-state index contributed by atoms with van der Waals surface area (Å²) < 4.78 is 21.9. The lowest BCUT2D eigenvalue weighted by Gasteiger charge is -2.16. The van der Waals surface area contributed by atoms with Gasteiger partial charge in [-0.25, -0.2) is 0 Å². The Balaban J connectivity index is 1.52. The molecule has 2 amide bonds. The Hall–Kier alpha value is -3.10. The number of carbonyl (C=O) groups excluding carboxylic acids is 2. The van der Waals surface area contributed by atoms with Crippen molar-refractivity contribution in [2.24, 2.45) is 0 Å². The van der Waals surface area contributed by atoms with Crippen molar-refractivity contribution in [3.05, 3.63) is 36.4 Å². The van der Waals surface area contributed by atoms with Crippen LogP contribution < -0.4 is 20.1 Å². The van der Waals surface area contributed by atoms with Gasteiger partial charge in [0.15, 0.2) is 0 Å². The summed E-state index contributed by atoms with van der Waals surface area (Å²) in [6, 6.07) is 11.1. The van der Waals surface area contributed by atoms with Crippen LogP contribution in [0.4, 0.5) is 11.4 Å². The highest BCUT2D eigenvalue weighted by Crippen LogP contribution is 2.35. The van der Waals surface area contributed by atoms with Crippen molar-refractivity contribution in [3.8, 4) is 22.6 Å². The molecule has 32 heavy (non-hydrogen) atoms. The number of ether oxygens (including phenoxy) is 4. The number of carbonyl (C=O) groups is 2. The van der Waals surface area contributed by atoms with Gasteiger partial charge in [-0.3, -0.25) is 9.59 Å². The van der Waals surface area contributed by atoms with Crippen LogP contribution in [0.3, 0.4) is 0 Å². The number of anilines is 2. The van der Waals surface area contributed by atoms with Gasteiger partial charge in [0.1, 0.15) is 23.7 Å². The average molecular weight is 440 g/mol. The van der Waals surface area contributed by atoms with E-state index in [1.165, 1.54) is 0 Å². The van der Waals surface area contributed by atoms with E-state index in [9.17, 15) is 9.59 Å². The van der Waals surface area contributed by atoms with Gasteiger partial charge in [0.25, 0.3) is 11.8 Å². The average Bonchev–Trinajstić information content (AvgIpc) is 3.54. The summed E-state index contributed by atoms with van der Waals surface area (Å²) in [7, 11) is 3.12. The number of amides is 2. The third kappa shape index (κ3) is 4.87. The van der Waals surface area contributed by atoms with E-state index in [-0.39, 0.29) is 11.8 Å². The van der Waals surface area contributed by atoms with Crippen LogP contribution in [-0.2, 0) is 19.1 Å². The molecule has 2 aliphatic rings. The van der Waals surface area contributed by atoms with Crippen LogP contribution in [0.15, 0.2) is 36.4 Å². The minimum Gasteiger partial charge on any atom is -0.495 e. The monoisotopic (exact) mass is 440 g/mol. The van der Waals surface area contributed by atoms with Crippen LogP contribution in [0, 0.1) is 0 Å². The van der Waals surface area contributed by atoms with E-state index < -0.39 is 12.2 Å². The zero-order chi connectivity index (χ0) is 22.5. The van der Waals surface area contributed by atoms with E-state index in [1.54, 1.807) is 26.4 Å². The second-order valence-electron chi connectivity index (χ2n) is 7.81. The van der Waals surface area contributed by atoms with E-state index in [4.69, 9.17) is 18.9 Å². The molecule has 2 N–H and O–H groups in total. The first kappa shape index (κ1) is 22.1. The maximum atomic E-state index is 12.4. The van der Waals surface area contributed by atoms with Gasteiger partial charge in [-0.1, -0.05) is 12.1 Å². The molecule has 2 saturated heterocycles. The lowest BCUT2D eigenvalue weighted by molar-refractivity contribution is -0.125. The van der Waals surface area contributed by atoms with Crippen molar-refractivity contribution in [2.75, 3.05) is 38.1 Å². The maximum absolute atomic E-state index is 12.4. The first-order valence-corrected chi connectivity index (χ1v) is 10.8. The smallest absolute Gasteiger partial charge is 0.253 e. The Bertz CT molecular complexity index is 901. The molecule has 2 aliphatic heterocycles. The van der Waals surface area contributed by atoms with Crippen molar-refractivity contribution in [1.82, 2.24) is 0 Å². The fraction of sp³-hybridized carbons (Fsp3) is 0.417. The normalized spacial score (nSPS) is 20.1. The minimum atomic E-state index is -0.416. The summed E-state index contributed by atoms with van der Waals surface area (Å²) in [6.07, 6.45) is 2.39. The molecule has 2 fully saturated rings. The Morgan fingerprint density at radius 1 is 0.781 bits per heavy atom. The fourth-order valence-electron chi connectivity index (χ4n) is 3.94. The standard InChI is InChI=1S/C24H28N2O6/c1-29-21-13-15(7-9-17(21)25-23(27)19-5-3-11-31-19)16-8-10-18(22(14-16)30-2)26-24(28)20-6-4-12-32-20/h7-10,13-14,19-20H,3-6,11-12H2,1-2H3,(H,25,27)(H,26,28)/t19-,20-/m0/s1. The molecule has 2 heterocycles. The third-order valence-corrected chi connectivity index (χ3v) is 5.70. The number of nitrogens with one attached hydrogen (secondary N) is 2. The van der Waals surface area contributed by atoms with Crippen LogP contribution in [-0.4, -0.2) is 51.5 Å². The highest BCUT2D eigenvalue weighted by molar-refractivity contribution is 5.97. The molecule has 2 atom stereocenters. The van der Waals surface area contributed by atoms with Gasteiger partial charge in [-0.15, -0.1) is 0 Å². The highest BCUT2D eigenvalue weighted by atomic mass is 16.5. The second-order valence-corrected chi connectivity index (χ2v) is 7.81. The van der Waals surface area contributed by atoms with Gasteiger partial charge in [0.05, 0.1) is 25.6 Å². The largest absolute Gasteiger partial charge is 0.495 e. The first-order chi connectivity index (χ1) is 15.6. The molecular weight excluding hydrogens is 412 g/mol. The molecular formula is C24H28N2O6. The first-order valence-electron chi connectivity index (χ1n) is 10.8. The summed E-state index contributed by atoms with van der Waals surface area (Å²) in [4.78, 5) is 24.8. The van der Waals surface area contributed by atoms with Crippen molar-refractivity contribution in [3.63, 3.8) is 0 Å². The Morgan fingerprint density at radius 2 is 1.22 bits per heavy atom. The van der Waals surface area contributed by atoms with Crippen LogP contribution in [0.25, 0.3) is 11.1 Å². The maximum Gasteiger partial charge on any atom is 0.253 e. The summed E-state index contributed by atoms with van der Waals surface area (Å²) in [5, 5.41) is 5.78. The number of hydrogen-bond acceptors (Lipinski definition) is 6. The van der Waals surface area contributed by atoms with E-state index in [0.29, 0.717) is 36.1 Å². The molecule has 170 valence electrons. The van der Waals surface area contributed by atoms with E-state index in [1.807, 2.05) is 24.3 Å². The van der Waals surface area contributed by atoms with Crippen LogP contribution in [0.5, 0.6) is 11.5 Å². The second kappa shape index (κ2) is 10.0. The number of rotatable bonds is 7. The highest BCUT2D eigenvalue weighted by Gasteiger charge is 2.25. The van der Waals surface area contributed by atoms with E-state index >= 15 is 0 Å². The molecule has 0 radical (unpaired) electrons. The molecule has 0 bridgehead atoms. The molecule has 0 unspecified atom stereocenters. The SMILES string of the molecule is COc1cc(-c2ccc(NC(=O)[C@@H]3CCCO3)c(OC)c2)ccc1NC(=O)[C@@H]1CCCO1. The molecule has 2 aromatic rings. The number of benzene rings is 2. The topological polar surface area (TPSA) is 95.1 Å². The summed E-state index contributed by atoms with van der Waals surface area (Å²) in [5.41, 5.74) is 2.94. The van der Waals surface area contributed by atoms with Crippen LogP contribution in [0.2, 0.25) is 0 Å². The lowest BCUT2D eigenvalue weighted by atomic mass is 10.0. The van der Waals surface area contributed by atoms with Crippen molar-refractivity contribution >= 4 is 23.2 Å². The molecule has 8 nitrogen and oxygen atoms in total. The number of hydrogen-bond donors (Lipinski definition) is 2. The third-order valence-electron chi connectivity index (χ3n) is 5.70.